The molecule has 1 aromatic heterocycles. The van der Waals surface area contributed by atoms with Crippen molar-refractivity contribution in [3.8, 4) is 0 Å². The number of carbonyl (C=O) groups is 1. The smallest absolute Gasteiger partial charge is 0.226 e. The van der Waals surface area contributed by atoms with Crippen molar-refractivity contribution in [2.45, 2.75) is 33.2 Å². The van der Waals surface area contributed by atoms with E-state index in [1.807, 2.05) is 19.9 Å². The number of aromatic amines is 1. The summed E-state index contributed by atoms with van der Waals surface area (Å²) in [5.41, 5.74) is 3.78. The van der Waals surface area contributed by atoms with Crippen LogP contribution in [0.2, 0.25) is 0 Å². The van der Waals surface area contributed by atoms with Gasteiger partial charge in [-0.1, -0.05) is 24.0 Å². The van der Waals surface area contributed by atoms with Crippen molar-refractivity contribution >= 4 is 30.1 Å². The van der Waals surface area contributed by atoms with Crippen molar-refractivity contribution in [2.24, 2.45) is 5.41 Å². The van der Waals surface area contributed by atoms with Gasteiger partial charge in [-0.3, -0.25) is 4.79 Å². The third-order valence-corrected chi connectivity index (χ3v) is 4.05. The van der Waals surface area contributed by atoms with Crippen LogP contribution >= 0.6 is 0 Å². The van der Waals surface area contributed by atoms with Gasteiger partial charge in [-0.15, -0.1) is 0 Å². The number of aryl methyl sites for hydroxylation is 1. The van der Waals surface area contributed by atoms with Crippen LogP contribution in [0.5, 0.6) is 0 Å². The second-order valence-electron chi connectivity index (χ2n) is 5.83. The molecule has 1 aromatic carbocycles. The zero-order valence-electron chi connectivity index (χ0n) is 11.3. The average molecular weight is 252 g/mol. The molecular formula is C15H17BN2O. The number of hydrogen-bond acceptors (Lipinski definition) is 1. The van der Waals surface area contributed by atoms with Crippen molar-refractivity contribution in [3.05, 3.63) is 29.5 Å². The van der Waals surface area contributed by atoms with E-state index in [4.69, 9.17) is 7.85 Å². The van der Waals surface area contributed by atoms with E-state index in [1.165, 1.54) is 0 Å². The second kappa shape index (κ2) is 4.15. The summed E-state index contributed by atoms with van der Waals surface area (Å²) in [6.45, 7) is 4.55. The van der Waals surface area contributed by atoms with Crippen LogP contribution in [-0.2, 0) is 11.3 Å². The first kappa shape index (κ1) is 12.3. The SMILES string of the molecule is [B]c1cc2[nH]c(CNC(=O)C3(C)CC3)cc2cc1C. The summed E-state index contributed by atoms with van der Waals surface area (Å²) >= 11 is 0. The molecule has 2 radical (unpaired) electrons. The maximum atomic E-state index is 11.9. The molecule has 1 saturated carbocycles. The Labute approximate surface area is 114 Å². The Hall–Kier alpha value is -1.71. The number of amides is 1. The van der Waals surface area contributed by atoms with Gasteiger partial charge in [-0.05, 0) is 37.3 Å². The zero-order valence-corrected chi connectivity index (χ0v) is 11.3. The van der Waals surface area contributed by atoms with Crippen LogP contribution in [0.25, 0.3) is 10.9 Å². The van der Waals surface area contributed by atoms with Crippen LogP contribution in [-0.4, -0.2) is 18.7 Å². The molecule has 1 fully saturated rings. The van der Waals surface area contributed by atoms with Gasteiger partial charge in [0, 0.05) is 16.6 Å². The number of rotatable bonds is 3. The molecule has 0 spiro atoms. The first-order valence-corrected chi connectivity index (χ1v) is 6.64. The molecule has 2 N–H and O–H groups in total. The van der Waals surface area contributed by atoms with Gasteiger partial charge in [0.2, 0.25) is 5.91 Å². The Balaban J connectivity index is 1.76. The molecule has 0 atom stereocenters. The summed E-state index contributed by atoms with van der Waals surface area (Å²) in [5, 5.41) is 4.12. The van der Waals surface area contributed by atoms with Gasteiger partial charge in [0.05, 0.1) is 6.54 Å². The van der Waals surface area contributed by atoms with E-state index in [9.17, 15) is 4.79 Å². The largest absolute Gasteiger partial charge is 0.357 e. The van der Waals surface area contributed by atoms with Crippen molar-refractivity contribution in [1.29, 1.82) is 0 Å². The van der Waals surface area contributed by atoms with Crippen molar-refractivity contribution < 1.29 is 4.79 Å². The quantitative estimate of drug-likeness (QED) is 0.802. The molecule has 3 rings (SSSR count). The first-order chi connectivity index (χ1) is 8.98. The molecule has 1 aliphatic carbocycles. The highest BCUT2D eigenvalue weighted by atomic mass is 16.2. The molecule has 4 heteroatoms. The van der Waals surface area contributed by atoms with Gasteiger partial charge in [0.15, 0.2) is 0 Å². The molecular weight excluding hydrogens is 235 g/mol. The fourth-order valence-electron chi connectivity index (χ4n) is 2.27. The van der Waals surface area contributed by atoms with E-state index in [2.05, 4.69) is 22.4 Å². The van der Waals surface area contributed by atoms with Crippen LogP contribution in [0.1, 0.15) is 31.0 Å². The fraction of sp³-hybridized carbons (Fsp3) is 0.400. The van der Waals surface area contributed by atoms with Crippen molar-refractivity contribution in [2.75, 3.05) is 0 Å². The Bertz CT molecular complexity index is 616. The minimum absolute atomic E-state index is 0.118. The van der Waals surface area contributed by atoms with E-state index < -0.39 is 0 Å². The fourth-order valence-corrected chi connectivity index (χ4v) is 2.27. The van der Waals surface area contributed by atoms with Gasteiger partial charge in [0.1, 0.15) is 7.85 Å². The molecule has 3 nitrogen and oxygen atoms in total. The van der Waals surface area contributed by atoms with Crippen molar-refractivity contribution in [3.63, 3.8) is 0 Å². The van der Waals surface area contributed by atoms with E-state index >= 15 is 0 Å². The van der Waals surface area contributed by atoms with E-state index in [1.54, 1.807) is 0 Å². The van der Waals surface area contributed by atoms with E-state index in [-0.39, 0.29) is 11.3 Å². The predicted octanol–water partition coefficient (Wildman–Crippen LogP) is 1.69. The molecule has 1 heterocycles. The van der Waals surface area contributed by atoms with Crippen LogP contribution in [0, 0.1) is 12.3 Å². The maximum absolute atomic E-state index is 11.9. The highest BCUT2D eigenvalue weighted by Crippen LogP contribution is 2.45. The summed E-state index contributed by atoms with van der Waals surface area (Å²) in [7, 11) is 5.89. The molecule has 0 unspecified atom stereocenters. The number of hydrogen-bond donors (Lipinski definition) is 2. The molecule has 1 aliphatic rings. The molecule has 96 valence electrons. The summed E-state index contributed by atoms with van der Waals surface area (Å²) < 4.78 is 0. The number of carbonyl (C=O) groups excluding carboxylic acids is 1. The predicted molar refractivity (Wildman–Crippen MR) is 77.6 cm³/mol. The number of H-pyrrole nitrogens is 1. The molecule has 1 amide bonds. The van der Waals surface area contributed by atoms with Crippen LogP contribution in [0.3, 0.4) is 0 Å². The molecule has 2 aromatic rings. The van der Waals surface area contributed by atoms with Crippen LogP contribution < -0.4 is 10.8 Å². The van der Waals surface area contributed by atoms with Gasteiger partial charge >= 0.3 is 0 Å². The summed E-state index contributed by atoms with van der Waals surface area (Å²) in [5.74, 6) is 0.154. The molecule has 0 saturated heterocycles. The molecule has 19 heavy (non-hydrogen) atoms. The number of benzene rings is 1. The third-order valence-electron chi connectivity index (χ3n) is 4.05. The normalized spacial score (nSPS) is 16.5. The van der Waals surface area contributed by atoms with E-state index in [0.717, 1.165) is 40.5 Å². The van der Waals surface area contributed by atoms with Gasteiger partial charge in [-0.2, -0.15) is 0 Å². The number of nitrogens with one attached hydrogen (secondary N) is 2. The lowest BCUT2D eigenvalue weighted by Crippen LogP contribution is -2.29. The lowest BCUT2D eigenvalue weighted by atomic mass is 9.90. The Morgan fingerprint density at radius 1 is 1.42 bits per heavy atom. The Morgan fingerprint density at radius 2 is 2.16 bits per heavy atom. The minimum Gasteiger partial charge on any atom is -0.357 e. The third kappa shape index (κ3) is 2.27. The number of fused-ring (bicyclic) bond motifs is 1. The Morgan fingerprint density at radius 3 is 2.84 bits per heavy atom. The van der Waals surface area contributed by atoms with Crippen molar-refractivity contribution in [1.82, 2.24) is 10.3 Å². The highest BCUT2D eigenvalue weighted by molar-refractivity contribution is 6.34. The molecule has 0 bridgehead atoms. The zero-order chi connectivity index (χ0) is 13.6. The van der Waals surface area contributed by atoms with Gasteiger partial charge in [0.25, 0.3) is 0 Å². The summed E-state index contributed by atoms with van der Waals surface area (Å²) in [4.78, 5) is 15.2. The monoisotopic (exact) mass is 252 g/mol. The number of aromatic nitrogens is 1. The summed E-state index contributed by atoms with van der Waals surface area (Å²) in [6.07, 6.45) is 2.00. The molecule has 0 aliphatic heterocycles. The van der Waals surface area contributed by atoms with E-state index in [0.29, 0.717) is 6.54 Å². The second-order valence-corrected chi connectivity index (χ2v) is 5.83. The van der Waals surface area contributed by atoms with Gasteiger partial charge in [-0.25, -0.2) is 0 Å². The lowest BCUT2D eigenvalue weighted by molar-refractivity contribution is -0.125. The lowest BCUT2D eigenvalue weighted by Gasteiger charge is -2.08. The van der Waals surface area contributed by atoms with Gasteiger partial charge < -0.3 is 10.3 Å². The standard InChI is InChI=1S/C15H17BN2O/c1-9-5-10-6-11(18-13(10)7-12(9)16)8-17-14(19)15(2)3-4-15/h5-7,18H,3-4,8H2,1-2H3,(H,17,19). The van der Waals surface area contributed by atoms with Crippen LogP contribution in [0.15, 0.2) is 18.2 Å². The summed E-state index contributed by atoms with van der Waals surface area (Å²) in [6, 6.07) is 6.07. The topological polar surface area (TPSA) is 44.9 Å². The van der Waals surface area contributed by atoms with Crippen LogP contribution in [0.4, 0.5) is 0 Å². The first-order valence-electron chi connectivity index (χ1n) is 6.64. The average Bonchev–Trinajstić information content (AvgIpc) is 2.99. The highest BCUT2D eigenvalue weighted by Gasteiger charge is 2.44. The maximum Gasteiger partial charge on any atom is 0.226 e. The Kier molecular flexibility index (Phi) is 2.70. The minimum atomic E-state index is -0.118.